The molecule has 0 aliphatic rings. The van der Waals surface area contributed by atoms with Gasteiger partial charge in [0.15, 0.2) is 5.96 Å². The number of nitrogens with one attached hydrogen (secondary N) is 1. The van der Waals surface area contributed by atoms with E-state index in [2.05, 4.69) is 59.4 Å². The Bertz CT molecular complexity index is 852. The Labute approximate surface area is 158 Å². The molecule has 0 unspecified atom stereocenters. The summed E-state index contributed by atoms with van der Waals surface area (Å²) in [6.07, 6.45) is 3.85. The van der Waals surface area contributed by atoms with Crippen LogP contribution in [0, 0.1) is 6.92 Å². The van der Waals surface area contributed by atoms with Crippen LogP contribution in [0.1, 0.15) is 22.1 Å². The van der Waals surface area contributed by atoms with E-state index in [0.29, 0.717) is 6.54 Å². The molecule has 6 nitrogen and oxygen atoms in total. The first-order valence-corrected chi connectivity index (χ1v) is 9.40. The largest absolute Gasteiger partial charge is 0.349 e. The molecule has 0 atom stereocenters. The number of hydrogen-bond donors (Lipinski definition) is 1. The lowest BCUT2D eigenvalue weighted by Gasteiger charge is -2.21. The fourth-order valence-electron chi connectivity index (χ4n) is 2.77. The van der Waals surface area contributed by atoms with Gasteiger partial charge >= 0.3 is 0 Å². The van der Waals surface area contributed by atoms with Crippen molar-refractivity contribution in [2.45, 2.75) is 26.6 Å². The minimum atomic E-state index is 0.618. The van der Waals surface area contributed by atoms with Gasteiger partial charge in [0.1, 0.15) is 5.82 Å². The van der Waals surface area contributed by atoms with Gasteiger partial charge in [-0.3, -0.25) is 4.99 Å². The van der Waals surface area contributed by atoms with Gasteiger partial charge in [-0.15, -0.1) is 11.3 Å². The third kappa shape index (κ3) is 4.70. The number of rotatable bonds is 6. The average Bonchev–Trinajstić information content (AvgIpc) is 3.25. The second-order valence-electron chi connectivity index (χ2n) is 6.07. The molecule has 26 heavy (non-hydrogen) atoms. The Morgan fingerprint density at radius 1 is 1.31 bits per heavy atom. The number of guanidine groups is 1. The third-order valence-electron chi connectivity index (χ3n) is 4.04. The standard InChI is InChI=1S/C19H24N6S/c1-15-23-17(14-26-15)13-24(3)19(20-2)22-11-18-21-9-10-25(18)12-16-7-5-4-6-8-16/h4-10,14H,11-13H2,1-3H3,(H,20,22). The SMILES string of the molecule is CN=C(NCc1nccn1Cc1ccccc1)N(C)Cc1csc(C)n1. The maximum atomic E-state index is 4.52. The fourth-order valence-corrected chi connectivity index (χ4v) is 3.38. The minimum absolute atomic E-state index is 0.618. The van der Waals surface area contributed by atoms with Crippen LogP contribution < -0.4 is 5.32 Å². The topological polar surface area (TPSA) is 58.3 Å². The first-order chi connectivity index (χ1) is 12.7. The lowest BCUT2D eigenvalue weighted by Crippen LogP contribution is -2.38. The summed E-state index contributed by atoms with van der Waals surface area (Å²) in [6.45, 7) is 4.17. The van der Waals surface area contributed by atoms with Crippen molar-refractivity contribution in [3.8, 4) is 0 Å². The third-order valence-corrected chi connectivity index (χ3v) is 4.86. The van der Waals surface area contributed by atoms with Crippen molar-refractivity contribution in [3.05, 3.63) is 70.2 Å². The summed E-state index contributed by atoms with van der Waals surface area (Å²) >= 11 is 1.67. The van der Waals surface area contributed by atoms with Crippen LogP contribution in [0.2, 0.25) is 0 Å². The van der Waals surface area contributed by atoms with Gasteiger partial charge in [0.2, 0.25) is 0 Å². The highest BCUT2D eigenvalue weighted by atomic mass is 32.1. The van der Waals surface area contributed by atoms with Crippen molar-refractivity contribution in [1.82, 2.24) is 24.8 Å². The first kappa shape index (κ1) is 18.1. The van der Waals surface area contributed by atoms with Crippen molar-refractivity contribution < 1.29 is 0 Å². The zero-order chi connectivity index (χ0) is 18.4. The van der Waals surface area contributed by atoms with E-state index in [0.717, 1.165) is 35.6 Å². The average molecular weight is 369 g/mol. The molecular weight excluding hydrogens is 344 g/mol. The van der Waals surface area contributed by atoms with Gasteiger partial charge in [0, 0.05) is 38.4 Å². The molecule has 0 bridgehead atoms. The van der Waals surface area contributed by atoms with Crippen LogP contribution in [-0.4, -0.2) is 39.5 Å². The predicted molar refractivity (Wildman–Crippen MR) is 106 cm³/mol. The molecule has 0 aliphatic heterocycles. The van der Waals surface area contributed by atoms with Crippen LogP contribution in [0.5, 0.6) is 0 Å². The molecule has 3 rings (SSSR count). The predicted octanol–water partition coefficient (Wildman–Crippen LogP) is 2.90. The van der Waals surface area contributed by atoms with Gasteiger partial charge in [0.05, 0.1) is 23.8 Å². The molecule has 1 N–H and O–H groups in total. The van der Waals surface area contributed by atoms with Crippen molar-refractivity contribution in [2.75, 3.05) is 14.1 Å². The highest BCUT2D eigenvalue weighted by Crippen LogP contribution is 2.10. The smallest absolute Gasteiger partial charge is 0.194 e. The molecule has 0 amide bonds. The number of aryl methyl sites for hydroxylation is 1. The molecule has 2 heterocycles. The van der Waals surface area contributed by atoms with Crippen LogP contribution in [0.25, 0.3) is 0 Å². The Balaban J connectivity index is 1.60. The van der Waals surface area contributed by atoms with Crippen molar-refractivity contribution in [2.24, 2.45) is 4.99 Å². The molecule has 1 aromatic carbocycles. The van der Waals surface area contributed by atoms with Gasteiger partial charge in [0.25, 0.3) is 0 Å². The van der Waals surface area contributed by atoms with E-state index >= 15 is 0 Å². The number of thiazole rings is 1. The zero-order valence-electron chi connectivity index (χ0n) is 15.4. The van der Waals surface area contributed by atoms with Crippen LogP contribution in [0.3, 0.4) is 0 Å². The normalized spacial score (nSPS) is 11.6. The fraction of sp³-hybridized carbons (Fsp3) is 0.316. The quantitative estimate of drug-likeness (QED) is 0.537. The number of aliphatic imine (C=N–C) groups is 1. The van der Waals surface area contributed by atoms with Crippen molar-refractivity contribution in [1.29, 1.82) is 0 Å². The minimum Gasteiger partial charge on any atom is -0.349 e. The van der Waals surface area contributed by atoms with E-state index in [1.54, 1.807) is 18.4 Å². The van der Waals surface area contributed by atoms with E-state index in [4.69, 9.17) is 0 Å². The zero-order valence-corrected chi connectivity index (χ0v) is 16.2. The van der Waals surface area contributed by atoms with Crippen LogP contribution >= 0.6 is 11.3 Å². The van der Waals surface area contributed by atoms with Crippen molar-refractivity contribution in [3.63, 3.8) is 0 Å². The summed E-state index contributed by atoms with van der Waals surface area (Å²) in [7, 11) is 3.81. The summed E-state index contributed by atoms with van der Waals surface area (Å²) in [4.78, 5) is 15.4. The van der Waals surface area contributed by atoms with Crippen molar-refractivity contribution >= 4 is 17.3 Å². The summed E-state index contributed by atoms with van der Waals surface area (Å²) in [5.74, 6) is 1.80. The molecule has 136 valence electrons. The summed E-state index contributed by atoms with van der Waals surface area (Å²) < 4.78 is 2.15. The highest BCUT2D eigenvalue weighted by molar-refractivity contribution is 7.09. The van der Waals surface area contributed by atoms with E-state index in [-0.39, 0.29) is 0 Å². The van der Waals surface area contributed by atoms with Gasteiger partial charge in [-0.05, 0) is 12.5 Å². The Kier molecular flexibility index (Phi) is 6.01. The molecule has 0 aliphatic carbocycles. The van der Waals surface area contributed by atoms with Gasteiger partial charge in [-0.1, -0.05) is 30.3 Å². The van der Waals surface area contributed by atoms with Gasteiger partial charge in [-0.2, -0.15) is 0 Å². The van der Waals surface area contributed by atoms with E-state index in [9.17, 15) is 0 Å². The lowest BCUT2D eigenvalue weighted by molar-refractivity contribution is 0.468. The Hall–Kier alpha value is -2.67. The molecule has 0 saturated heterocycles. The first-order valence-electron chi connectivity index (χ1n) is 8.52. The Morgan fingerprint density at radius 3 is 2.81 bits per heavy atom. The van der Waals surface area contributed by atoms with Crippen LogP contribution in [0.4, 0.5) is 0 Å². The maximum Gasteiger partial charge on any atom is 0.194 e. The van der Waals surface area contributed by atoms with E-state index in [1.807, 2.05) is 32.4 Å². The van der Waals surface area contributed by atoms with Crippen LogP contribution in [0.15, 0.2) is 53.1 Å². The maximum absolute atomic E-state index is 4.52. The molecule has 7 heteroatoms. The lowest BCUT2D eigenvalue weighted by atomic mass is 10.2. The van der Waals surface area contributed by atoms with Crippen LogP contribution in [-0.2, 0) is 19.6 Å². The summed E-state index contributed by atoms with van der Waals surface area (Å²) in [5, 5.41) is 6.56. The number of benzene rings is 1. The van der Waals surface area contributed by atoms with E-state index in [1.165, 1.54) is 5.56 Å². The number of nitrogens with zero attached hydrogens (tertiary/aromatic N) is 5. The van der Waals surface area contributed by atoms with Gasteiger partial charge in [-0.25, -0.2) is 9.97 Å². The molecule has 0 spiro atoms. The molecule has 2 aromatic heterocycles. The molecule has 0 fully saturated rings. The molecule has 0 radical (unpaired) electrons. The van der Waals surface area contributed by atoms with E-state index < -0.39 is 0 Å². The molecule has 3 aromatic rings. The Morgan fingerprint density at radius 2 is 2.12 bits per heavy atom. The number of aromatic nitrogens is 3. The summed E-state index contributed by atoms with van der Waals surface area (Å²) in [6, 6.07) is 10.4. The van der Waals surface area contributed by atoms with Gasteiger partial charge < -0.3 is 14.8 Å². The number of hydrogen-bond acceptors (Lipinski definition) is 4. The summed E-state index contributed by atoms with van der Waals surface area (Å²) in [5.41, 5.74) is 2.32. The second kappa shape index (κ2) is 8.62. The highest BCUT2D eigenvalue weighted by Gasteiger charge is 2.10. The monoisotopic (exact) mass is 368 g/mol. The molecule has 0 saturated carbocycles. The second-order valence-corrected chi connectivity index (χ2v) is 7.13. The molecular formula is C19H24N6S. The number of imidazole rings is 1.